The van der Waals surface area contributed by atoms with Crippen molar-refractivity contribution in [3.05, 3.63) is 47.4 Å². The number of ether oxygens (including phenoxy) is 2. The third kappa shape index (κ3) is 5.72. The van der Waals surface area contributed by atoms with E-state index in [-0.39, 0.29) is 11.6 Å². The summed E-state index contributed by atoms with van der Waals surface area (Å²) in [7, 11) is 1.33. The van der Waals surface area contributed by atoms with Crippen molar-refractivity contribution in [1.82, 2.24) is 20.2 Å². The van der Waals surface area contributed by atoms with Crippen molar-refractivity contribution in [1.29, 1.82) is 0 Å². The number of para-hydroxylation sites is 1. The molecule has 0 unspecified atom stereocenters. The van der Waals surface area contributed by atoms with Crippen LogP contribution in [0.25, 0.3) is 0 Å². The van der Waals surface area contributed by atoms with Crippen molar-refractivity contribution in [3.63, 3.8) is 0 Å². The van der Waals surface area contributed by atoms with Crippen LogP contribution in [0.15, 0.2) is 30.3 Å². The second kappa shape index (κ2) is 9.94. The summed E-state index contributed by atoms with van der Waals surface area (Å²) in [6, 6.07) is 8.50. The molecule has 2 heterocycles. The summed E-state index contributed by atoms with van der Waals surface area (Å²) >= 11 is 0. The van der Waals surface area contributed by atoms with Gasteiger partial charge in [-0.2, -0.15) is 0 Å². The highest BCUT2D eigenvalue weighted by Crippen LogP contribution is 2.21. The van der Waals surface area contributed by atoms with Gasteiger partial charge in [0.25, 0.3) is 5.91 Å². The zero-order chi connectivity index (χ0) is 20.6. The van der Waals surface area contributed by atoms with Crippen LogP contribution in [-0.4, -0.2) is 73.2 Å². The number of carbonyl (C=O) groups excluding carboxylic acids is 2. The predicted molar refractivity (Wildman–Crippen MR) is 107 cm³/mol. The van der Waals surface area contributed by atoms with Crippen LogP contribution in [0.1, 0.15) is 26.7 Å². The lowest BCUT2D eigenvalue weighted by molar-refractivity contribution is 0.0383. The Morgan fingerprint density at radius 1 is 1.21 bits per heavy atom. The Morgan fingerprint density at radius 3 is 2.72 bits per heavy atom. The van der Waals surface area contributed by atoms with E-state index in [1.165, 1.54) is 7.11 Å². The Kier molecular flexibility index (Phi) is 7.09. The van der Waals surface area contributed by atoms with Crippen molar-refractivity contribution in [3.8, 4) is 0 Å². The number of nitrogens with one attached hydrogen (secondary N) is 2. The van der Waals surface area contributed by atoms with Crippen LogP contribution in [0.2, 0.25) is 0 Å². The van der Waals surface area contributed by atoms with Crippen molar-refractivity contribution in [2.75, 3.05) is 51.8 Å². The number of hydrogen-bond acceptors (Lipinski definition) is 8. The number of anilines is 2. The lowest BCUT2D eigenvalue weighted by atomic mass is 10.2. The topological polar surface area (TPSA) is 106 Å². The summed E-state index contributed by atoms with van der Waals surface area (Å²) in [5, 5.41) is 5.97. The van der Waals surface area contributed by atoms with Gasteiger partial charge in [-0.15, -0.1) is 0 Å². The molecule has 2 N–H and O–H groups in total. The van der Waals surface area contributed by atoms with E-state index in [1.807, 2.05) is 0 Å². The van der Waals surface area contributed by atoms with Crippen molar-refractivity contribution >= 4 is 23.4 Å². The van der Waals surface area contributed by atoms with E-state index in [1.54, 1.807) is 37.3 Å². The first-order chi connectivity index (χ1) is 14.1. The molecule has 1 saturated heterocycles. The molecule has 0 atom stereocenters. The zero-order valence-electron chi connectivity index (χ0n) is 16.6. The average Bonchev–Trinajstić information content (AvgIpc) is 2.74. The van der Waals surface area contributed by atoms with Crippen LogP contribution in [0.5, 0.6) is 0 Å². The summed E-state index contributed by atoms with van der Waals surface area (Å²) in [6.45, 7) is 6.18. The number of aryl methyl sites for hydroxylation is 1. The third-order valence-corrected chi connectivity index (χ3v) is 4.48. The van der Waals surface area contributed by atoms with Gasteiger partial charge in [-0.3, -0.25) is 9.69 Å². The fraction of sp³-hybridized carbons (Fsp3) is 0.400. The van der Waals surface area contributed by atoms with Crippen molar-refractivity contribution in [2.45, 2.75) is 6.92 Å². The minimum absolute atomic E-state index is 0.262. The Labute approximate surface area is 169 Å². The SMILES string of the molecule is COC(=O)c1ccccc1Nc1cc(C(=O)NCCN2CCOCC2)nc(C)n1. The number of hydrogen-bond donors (Lipinski definition) is 2. The van der Waals surface area contributed by atoms with E-state index >= 15 is 0 Å². The largest absolute Gasteiger partial charge is 0.465 e. The van der Waals surface area contributed by atoms with Gasteiger partial charge >= 0.3 is 5.97 Å². The lowest BCUT2D eigenvalue weighted by Gasteiger charge is -2.26. The minimum Gasteiger partial charge on any atom is -0.465 e. The van der Waals surface area contributed by atoms with E-state index in [4.69, 9.17) is 9.47 Å². The van der Waals surface area contributed by atoms with Gasteiger partial charge in [0.05, 0.1) is 31.6 Å². The van der Waals surface area contributed by atoms with Gasteiger partial charge in [0.1, 0.15) is 17.3 Å². The number of carbonyl (C=O) groups is 2. The Morgan fingerprint density at radius 2 is 1.97 bits per heavy atom. The summed E-state index contributed by atoms with van der Waals surface area (Å²) in [5.74, 6) is 0.143. The molecule has 1 aromatic carbocycles. The third-order valence-electron chi connectivity index (χ3n) is 4.48. The van der Waals surface area contributed by atoms with Crippen LogP contribution >= 0.6 is 0 Å². The van der Waals surface area contributed by atoms with E-state index in [0.29, 0.717) is 29.4 Å². The van der Waals surface area contributed by atoms with Gasteiger partial charge in [-0.25, -0.2) is 14.8 Å². The monoisotopic (exact) mass is 399 g/mol. The van der Waals surface area contributed by atoms with Crippen molar-refractivity contribution < 1.29 is 19.1 Å². The fourth-order valence-corrected chi connectivity index (χ4v) is 3.01. The zero-order valence-corrected chi connectivity index (χ0v) is 16.6. The second-order valence-corrected chi connectivity index (χ2v) is 6.56. The van der Waals surface area contributed by atoms with Crippen LogP contribution in [-0.2, 0) is 9.47 Å². The molecular formula is C20H25N5O4. The van der Waals surface area contributed by atoms with E-state index in [0.717, 1.165) is 32.8 Å². The molecule has 1 aromatic heterocycles. The Hall–Kier alpha value is -3.04. The lowest BCUT2D eigenvalue weighted by Crippen LogP contribution is -2.41. The molecule has 0 aliphatic carbocycles. The molecule has 3 rings (SSSR count). The van der Waals surface area contributed by atoms with Gasteiger partial charge in [0.2, 0.25) is 0 Å². The first-order valence-corrected chi connectivity index (χ1v) is 9.45. The number of amides is 1. The van der Waals surface area contributed by atoms with E-state index in [9.17, 15) is 9.59 Å². The molecule has 9 heteroatoms. The molecule has 0 bridgehead atoms. The first kappa shape index (κ1) is 20.7. The standard InChI is InChI=1S/C20H25N5O4/c1-14-22-17(19(26)21-7-8-25-9-11-29-12-10-25)13-18(23-14)24-16-6-4-3-5-15(16)20(27)28-2/h3-6,13H,7-12H2,1-2H3,(H,21,26)(H,22,23,24). The molecule has 9 nitrogen and oxygen atoms in total. The van der Waals surface area contributed by atoms with Gasteiger partial charge < -0.3 is 20.1 Å². The van der Waals surface area contributed by atoms with Crippen LogP contribution in [0.4, 0.5) is 11.5 Å². The van der Waals surface area contributed by atoms with E-state index < -0.39 is 5.97 Å². The number of benzene rings is 1. The minimum atomic E-state index is -0.458. The maximum Gasteiger partial charge on any atom is 0.339 e. The molecule has 1 fully saturated rings. The van der Waals surface area contributed by atoms with Gasteiger partial charge in [0, 0.05) is 32.2 Å². The predicted octanol–water partition coefficient (Wildman–Crippen LogP) is 1.38. The highest BCUT2D eigenvalue weighted by atomic mass is 16.5. The van der Waals surface area contributed by atoms with Crippen molar-refractivity contribution in [2.24, 2.45) is 0 Å². The summed E-state index contributed by atoms with van der Waals surface area (Å²) < 4.78 is 10.1. The maximum absolute atomic E-state index is 12.5. The normalized spacial score (nSPS) is 14.3. The summed E-state index contributed by atoms with van der Waals surface area (Å²) in [5.41, 5.74) is 1.18. The van der Waals surface area contributed by atoms with Crippen LogP contribution < -0.4 is 10.6 Å². The van der Waals surface area contributed by atoms with Gasteiger partial charge in [0.15, 0.2) is 0 Å². The quantitative estimate of drug-likeness (QED) is 0.673. The molecule has 1 amide bonds. The molecular weight excluding hydrogens is 374 g/mol. The molecule has 154 valence electrons. The van der Waals surface area contributed by atoms with Gasteiger partial charge in [-0.05, 0) is 19.1 Å². The fourth-order valence-electron chi connectivity index (χ4n) is 3.01. The Balaban J connectivity index is 1.66. The molecule has 0 saturated carbocycles. The van der Waals surface area contributed by atoms with Crippen LogP contribution in [0, 0.1) is 6.92 Å². The number of morpholine rings is 1. The molecule has 2 aromatic rings. The summed E-state index contributed by atoms with van der Waals surface area (Å²) in [4.78, 5) is 35.2. The molecule has 0 spiro atoms. The first-order valence-electron chi connectivity index (χ1n) is 9.45. The smallest absolute Gasteiger partial charge is 0.339 e. The van der Waals surface area contributed by atoms with E-state index in [2.05, 4.69) is 25.5 Å². The maximum atomic E-state index is 12.5. The van der Waals surface area contributed by atoms with Gasteiger partial charge in [-0.1, -0.05) is 12.1 Å². The number of nitrogens with zero attached hydrogens (tertiary/aromatic N) is 3. The molecule has 29 heavy (non-hydrogen) atoms. The molecule has 1 aliphatic heterocycles. The highest BCUT2D eigenvalue weighted by molar-refractivity contribution is 5.97. The number of esters is 1. The molecule has 1 aliphatic rings. The Bertz CT molecular complexity index is 868. The highest BCUT2D eigenvalue weighted by Gasteiger charge is 2.15. The molecule has 0 radical (unpaired) electrons. The van der Waals surface area contributed by atoms with Crippen LogP contribution in [0.3, 0.4) is 0 Å². The summed E-state index contributed by atoms with van der Waals surface area (Å²) in [6.07, 6.45) is 0. The number of aromatic nitrogens is 2. The number of methoxy groups -OCH3 is 1. The second-order valence-electron chi connectivity index (χ2n) is 6.56. The number of rotatable bonds is 7. The average molecular weight is 399 g/mol.